The standard InChI is InChI=1S/C6H7BrN2/c1-3-9-5(2)6(7)4-8-9/h3-4H,1H2,2H3. The van der Waals surface area contributed by atoms with Crippen molar-refractivity contribution >= 4 is 22.1 Å². The Balaban J connectivity index is 3.18. The maximum atomic E-state index is 3.99. The highest BCUT2D eigenvalue weighted by molar-refractivity contribution is 9.10. The van der Waals surface area contributed by atoms with Gasteiger partial charge in [0.2, 0.25) is 0 Å². The van der Waals surface area contributed by atoms with Gasteiger partial charge in [-0.2, -0.15) is 5.10 Å². The van der Waals surface area contributed by atoms with Crippen LogP contribution in [0.15, 0.2) is 17.2 Å². The number of halogens is 1. The fraction of sp³-hybridized carbons (Fsp3) is 0.167. The van der Waals surface area contributed by atoms with Crippen LogP contribution in [0.3, 0.4) is 0 Å². The van der Waals surface area contributed by atoms with Crippen molar-refractivity contribution in [1.82, 2.24) is 9.78 Å². The van der Waals surface area contributed by atoms with Gasteiger partial charge in [0.25, 0.3) is 0 Å². The highest BCUT2D eigenvalue weighted by Crippen LogP contribution is 2.13. The van der Waals surface area contributed by atoms with Gasteiger partial charge in [0.1, 0.15) is 0 Å². The lowest BCUT2D eigenvalue weighted by molar-refractivity contribution is 0.898. The minimum atomic E-state index is 1.02. The Morgan fingerprint density at radius 1 is 1.89 bits per heavy atom. The van der Waals surface area contributed by atoms with Crippen molar-refractivity contribution in [1.29, 1.82) is 0 Å². The summed E-state index contributed by atoms with van der Waals surface area (Å²) in [7, 11) is 0. The Hall–Kier alpha value is -0.570. The van der Waals surface area contributed by atoms with Crippen LogP contribution < -0.4 is 0 Å². The lowest BCUT2D eigenvalue weighted by Crippen LogP contribution is -1.89. The maximum Gasteiger partial charge on any atom is 0.0639 e. The van der Waals surface area contributed by atoms with E-state index in [0.717, 1.165) is 10.2 Å². The molecule has 0 aliphatic carbocycles. The largest absolute Gasteiger partial charge is 0.245 e. The summed E-state index contributed by atoms with van der Waals surface area (Å²) >= 11 is 3.33. The van der Waals surface area contributed by atoms with Crippen LogP contribution in [0, 0.1) is 6.92 Å². The van der Waals surface area contributed by atoms with Gasteiger partial charge in [-0.25, -0.2) is 4.68 Å². The molecule has 1 rings (SSSR count). The number of hydrogen-bond acceptors (Lipinski definition) is 1. The van der Waals surface area contributed by atoms with Crippen LogP contribution in [0.4, 0.5) is 0 Å². The molecule has 0 aliphatic rings. The van der Waals surface area contributed by atoms with Gasteiger partial charge in [0.15, 0.2) is 0 Å². The number of aromatic nitrogens is 2. The van der Waals surface area contributed by atoms with Crippen molar-refractivity contribution in [3.63, 3.8) is 0 Å². The van der Waals surface area contributed by atoms with Crippen molar-refractivity contribution in [3.05, 3.63) is 22.9 Å². The number of rotatable bonds is 1. The zero-order valence-electron chi connectivity index (χ0n) is 5.13. The lowest BCUT2D eigenvalue weighted by atomic mass is 10.5. The summed E-state index contributed by atoms with van der Waals surface area (Å²) in [4.78, 5) is 0. The SMILES string of the molecule is C=Cn1ncc(Br)c1C. The van der Waals surface area contributed by atoms with E-state index in [1.54, 1.807) is 17.1 Å². The van der Waals surface area contributed by atoms with Crippen molar-refractivity contribution in [2.24, 2.45) is 0 Å². The Kier molecular flexibility index (Phi) is 1.71. The summed E-state index contributed by atoms with van der Waals surface area (Å²) in [6, 6.07) is 0. The molecule has 0 bridgehead atoms. The summed E-state index contributed by atoms with van der Waals surface area (Å²) in [6.45, 7) is 5.56. The predicted molar refractivity (Wildman–Crippen MR) is 41.1 cm³/mol. The Morgan fingerprint density at radius 3 is 2.78 bits per heavy atom. The normalized spacial score (nSPS) is 9.56. The van der Waals surface area contributed by atoms with Crippen LogP contribution in [-0.2, 0) is 0 Å². The van der Waals surface area contributed by atoms with Gasteiger partial charge in [-0.15, -0.1) is 0 Å². The first-order chi connectivity index (χ1) is 4.25. The average Bonchev–Trinajstić information content (AvgIpc) is 2.15. The Bertz CT molecular complexity index is 227. The first-order valence-electron chi connectivity index (χ1n) is 2.58. The van der Waals surface area contributed by atoms with E-state index in [9.17, 15) is 0 Å². The second-order valence-corrected chi connectivity index (χ2v) is 2.56. The van der Waals surface area contributed by atoms with Gasteiger partial charge in [-0.05, 0) is 22.9 Å². The number of nitrogens with zero attached hydrogens (tertiary/aromatic N) is 2. The summed E-state index contributed by atoms with van der Waals surface area (Å²) in [5.74, 6) is 0. The molecule has 48 valence electrons. The summed E-state index contributed by atoms with van der Waals surface area (Å²) < 4.78 is 2.73. The number of hydrogen-bond donors (Lipinski definition) is 0. The Morgan fingerprint density at radius 2 is 2.56 bits per heavy atom. The molecule has 0 unspecified atom stereocenters. The van der Waals surface area contributed by atoms with E-state index in [2.05, 4.69) is 27.6 Å². The van der Waals surface area contributed by atoms with Crippen molar-refractivity contribution in [2.75, 3.05) is 0 Å². The average molecular weight is 187 g/mol. The molecule has 0 saturated heterocycles. The minimum Gasteiger partial charge on any atom is -0.245 e. The molecular weight excluding hydrogens is 180 g/mol. The molecule has 0 atom stereocenters. The second kappa shape index (κ2) is 2.35. The molecule has 0 saturated carbocycles. The van der Waals surface area contributed by atoms with E-state index >= 15 is 0 Å². The second-order valence-electron chi connectivity index (χ2n) is 1.71. The molecule has 1 aromatic heterocycles. The molecule has 3 heteroatoms. The molecule has 0 radical (unpaired) electrons. The van der Waals surface area contributed by atoms with E-state index in [1.165, 1.54) is 0 Å². The van der Waals surface area contributed by atoms with E-state index in [-0.39, 0.29) is 0 Å². The smallest absolute Gasteiger partial charge is 0.0639 e. The third kappa shape index (κ3) is 1.05. The molecule has 2 nitrogen and oxygen atoms in total. The van der Waals surface area contributed by atoms with Crippen LogP contribution in [-0.4, -0.2) is 9.78 Å². The molecule has 0 aliphatic heterocycles. The van der Waals surface area contributed by atoms with Crippen LogP contribution in [0.5, 0.6) is 0 Å². The van der Waals surface area contributed by atoms with Gasteiger partial charge in [-0.3, -0.25) is 0 Å². The fourth-order valence-corrected chi connectivity index (χ4v) is 0.860. The van der Waals surface area contributed by atoms with Gasteiger partial charge in [0.05, 0.1) is 16.4 Å². The fourth-order valence-electron chi connectivity index (χ4n) is 0.586. The summed E-state index contributed by atoms with van der Waals surface area (Å²) in [5, 5.41) is 3.99. The van der Waals surface area contributed by atoms with Gasteiger partial charge < -0.3 is 0 Å². The molecule has 0 aromatic carbocycles. The highest BCUT2D eigenvalue weighted by Gasteiger charge is 1.97. The van der Waals surface area contributed by atoms with Gasteiger partial charge >= 0.3 is 0 Å². The summed E-state index contributed by atoms with van der Waals surface area (Å²) in [5.41, 5.74) is 1.07. The molecule has 9 heavy (non-hydrogen) atoms. The van der Waals surface area contributed by atoms with Crippen LogP contribution in [0.1, 0.15) is 5.69 Å². The van der Waals surface area contributed by atoms with Gasteiger partial charge in [0, 0.05) is 6.20 Å². The summed E-state index contributed by atoms with van der Waals surface area (Å²) in [6.07, 6.45) is 3.41. The van der Waals surface area contributed by atoms with Crippen LogP contribution in [0.2, 0.25) is 0 Å². The third-order valence-electron chi connectivity index (χ3n) is 1.16. The topological polar surface area (TPSA) is 17.8 Å². The minimum absolute atomic E-state index is 1.02. The molecule has 0 fully saturated rings. The molecule has 1 heterocycles. The van der Waals surface area contributed by atoms with Crippen LogP contribution in [0.25, 0.3) is 6.20 Å². The zero-order valence-corrected chi connectivity index (χ0v) is 6.72. The van der Waals surface area contributed by atoms with Crippen molar-refractivity contribution in [2.45, 2.75) is 6.92 Å². The lowest BCUT2D eigenvalue weighted by Gasteiger charge is -1.91. The van der Waals surface area contributed by atoms with Crippen LogP contribution >= 0.6 is 15.9 Å². The predicted octanol–water partition coefficient (Wildman–Crippen LogP) is 2.05. The monoisotopic (exact) mass is 186 g/mol. The van der Waals surface area contributed by atoms with Gasteiger partial charge in [-0.1, -0.05) is 6.58 Å². The molecule has 0 N–H and O–H groups in total. The zero-order chi connectivity index (χ0) is 6.85. The molecule has 0 spiro atoms. The van der Waals surface area contributed by atoms with Crippen molar-refractivity contribution < 1.29 is 0 Å². The van der Waals surface area contributed by atoms with E-state index in [4.69, 9.17) is 0 Å². The first-order valence-corrected chi connectivity index (χ1v) is 3.37. The van der Waals surface area contributed by atoms with E-state index in [1.807, 2.05) is 6.92 Å². The first kappa shape index (κ1) is 6.55. The maximum absolute atomic E-state index is 3.99. The quantitative estimate of drug-likeness (QED) is 0.657. The van der Waals surface area contributed by atoms with Crippen molar-refractivity contribution in [3.8, 4) is 0 Å². The third-order valence-corrected chi connectivity index (χ3v) is 1.94. The molecule has 0 amide bonds. The Labute approximate surface area is 62.3 Å². The van der Waals surface area contributed by atoms with E-state index < -0.39 is 0 Å². The molecule has 1 aromatic rings. The highest BCUT2D eigenvalue weighted by atomic mass is 79.9. The van der Waals surface area contributed by atoms with E-state index in [0.29, 0.717) is 0 Å². The molecular formula is C6H7BrN2.